The van der Waals surface area contributed by atoms with Gasteiger partial charge in [0.25, 0.3) is 0 Å². The average Bonchev–Trinajstić information content (AvgIpc) is 2.32. The van der Waals surface area contributed by atoms with Crippen LogP contribution < -0.4 is 5.73 Å². The van der Waals surface area contributed by atoms with Crippen LogP contribution in [0.15, 0.2) is 24.3 Å². The molecule has 1 unspecified atom stereocenters. The molecular formula is C15H25NO. The third kappa shape index (κ3) is 3.55. The SMILES string of the molecule is Cc1ccc(C(CN)(CO)CCC(C)C)cc1. The van der Waals surface area contributed by atoms with Crippen LogP contribution in [0.1, 0.15) is 37.8 Å². The molecule has 0 aliphatic heterocycles. The number of aryl methyl sites for hydroxylation is 1. The van der Waals surface area contributed by atoms with Crippen molar-refractivity contribution < 1.29 is 5.11 Å². The van der Waals surface area contributed by atoms with Crippen LogP contribution >= 0.6 is 0 Å². The summed E-state index contributed by atoms with van der Waals surface area (Å²) in [5, 5.41) is 9.73. The smallest absolute Gasteiger partial charge is 0.0540 e. The Morgan fingerprint density at radius 2 is 1.82 bits per heavy atom. The minimum Gasteiger partial charge on any atom is -0.395 e. The molecule has 1 rings (SSSR count). The minimum absolute atomic E-state index is 0.124. The molecule has 0 saturated carbocycles. The second-order valence-corrected chi connectivity index (χ2v) is 5.44. The first kappa shape index (κ1) is 14.2. The van der Waals surface area contributed by atoms with E-state index in [-0.39, 0.29) is 12.0 Å². The van der Waals surface area contributed by atoms with Gasteiger partial charge in [-0.1, -0.05) is 43.7 Å². The van der Waals surface area contributed by atoms with Crippen molar-refractivity contribution in [3.63, 3.8) is 0 Å². The van der Waals surface area contributed by atoms with Gasteiger partial charge in [-0.25, -0.2) is 0 Å². The Hall–Kier alpha value is -0.860. The summed E-state index contributed by atoms with van der Waals surface area (Å²) in [5.41, 5.74) is 8.05. The molecule has 0 aromatic heterocycles. The molecule has 2 heteroatoms. The van der Waals surface area contributed by atoms with Crippen LogP contribution in [0.4, 0.5) is 0 Å². The number of rotatable bonds is 6. The summed E-state index contributed by atoms with van der Waals surface area (Å²) in [7, 11) is 0. The second-order valence-electron chi connectivity index (χ2n) is 5.44. The van der Waals surface area contributed by atoms with E-state index >= 15 is 0 Å². The normalized spacial score (nSPS) is 14.9. The Kier molecular flexibility index (Phi) is 5.16. The Bertz CT molecular complexity index is 325. The molecule has 1 aromatic carbocycles. The molecule has 2 nitrogen and oxygen atoms in total. The van der Waals surface area contributed by atoms with Crippen molar-refractivity contribution in [1.29, 1.82) is 0 Å². The maximum Gasteiger partial charge on any atom is 0.0540 e. The number of hydrogen-bond donors (Lipinski definition) is 2. The highest BCUT2D eigenvalue weighted by Crippen LogP contribution is 2.30. The lowest BCUT2D eigenvalue weighted by Gasteiger charge is -2.32. The average molecular weight is 235 g/mol. The highest BCUT2D eigenvalue weighted by Gasteiger charge is 2.29. The highest BCUT2D eigenvalue weighted by atomic mass is 16.3. The lowest BCUT2D eigenvalue weighted by atomic mass is 9.76. The molecule has 1 atom stereocenters. The first-order valence-corrected chi connectivity index (χ1v) is 6.42. The lowest BCUT2D eigenvalue weighted by molar-refractivity contribution is 0.181. The molecule has 3 N–H and O–H groups in total. The van der Waals surface area contributed by atoms with Crippen molar-refractivity contribution in [2.24, 2.45) is 11.7 Å². The number of hydrogen-bond acceptors (Lipinski definition) is 2. The topological polar surface area (TPSA) is 46.2 Å². The lowest BCUT2D eigenvalue weighted by Crippen LogP contribution is -2.39. The monoisotopic (exact) mass is 235 g/mol. The van der Waals surface area contributed by atoms with Gasteiger partial charge in [-0.2, -0.15) is 0 Å². The predicted octanol–water partition coefficient (Wildman–Crippen LogP) is 2.62. The van der Waals surface area contributed by atoms with Crippen LogP contribution in [0.3, 0.4) is 0 Å². The molecule has 0 amide bonds. The number of aliphatic hydroxyl groups excluding tert-OH is 1. The Morgan fingerprint density at radius 1 is 1.24 bits per heavy atom. The molecule has 0 spiro atoms. The van der Waals surface area contributed by atoms with E-state index in [2.05, 4.69) is 45.0 Å². The summed E-state index contributed by atoms with van der Waals surface area (Å²) < 4.78 is 0. The van der Waals surface area contributed by atoms with Crippen molar-refractivity contribution in [2.75, 3.05) is 13.2 Å². The molecule has 0 fully saturated rings. The van der Waals surface area contributed by atoms with Gasteiger partial charge >= 0.3 is 0 Å². The molecule has 1 aromatic rings. The van der Waals surface area contributed by atoms with Gasteiger partial charge < -0.3 is 10.8 Å². The van der Waals surface area contributed by atoms with Crippen molar-refractivity contribution in [1.82, 2.24) is 0 Å². The second kappa shape index (κ2) is 6.18. The van der Waals surface area contributed by atoms with Gasteiger partial charge in [0.2, 0.25) is 0 Å². The molecule has 0 aliphatic rings. The zero-order valence-electron chi connectivity index (χ0n) is 11.2. The van der Waals surface area contributed by atoms with E-state index in [1.54, 1.807) is 0 Å². The Balaban J connectivity index is 2.93. The molecular weight excluding hydrogens is 210 g/mol. The molecule has 17 heavy (non-hydrogen) atoms. The predicted molar refractivity (Wildman–Crippen MR) is 73.1 cm³/mol. The van der Waals surface area contributed by atoms with E-state index < -0.39 is 0 Å². The fourth-order valence-electron chi connectivity index (χ4n) is 2.07. The van der Waals surface area contributed by atoms with Crippen LogP contribution in [0.5, 0.6) is 0 Å². The standard InChI is InChI=1S/C15H25NO/c1-12(2)8-9-15(10-16,11-17)14-6-4-13(3)5-7-14/h4-7,12,17H,8-11,16H2,1-3H3. The van der Waals surface area contributed by atoms with E-state index in [1.807, 2.05) is 0 Å². The van der Waals surface area contributed by atoms with Crippen LogP contribution in [0, 0.1) is 12.8 Å². The van der Waals surface area contributed by atoms with Gasteiger partial charge in [0, 0.05) is 12.0 Å². The molecule has 0 aliphatic carbocycles. The van der Waals surface area contributed by atoms with Crippen molar-refractivity contribution in [3.05, 3.63) is 35.4 Å². The maximum atomic E-state index is 9.73. The van der Waals surface area contributed by atoms with Gasteiger partial charge in [0.05, 0.1) is 6.61 Å². The van der Waals surface area contributed by atoms with Gasteiger partial charge in [-0.05, 0) is 31.2 Å². The highest BCUT2D eigenvalue weighted by molar-refractivity contribution is 5.29. The van der Waals surface area contributed by atoms with E-state index in [0.717, 1.165) is 18.4 Å². The largest absolute Gasteiger partial charge is 0.395 e. The third-order valence-corrected chi connectivity index (χ3v) is 3.56. The van der Waals surface area contributed by atoms with Crippen LogP contribution in [-0.2, 0) is 5.41 Å². The zero-order valence-corrected chi connectivity index (χ0v) is 11.2. The van der Waals surface area contributed by atoms with E-state index in [0.29, 0.717) is 12.5 Å². The number of benzene rings is 1. The van der Waals surface area contributed by atoms with Gasteiger partial charge in [0.15, 0.2) is 0 Å². The van der Waals surface area contributed by atoms with Crippen LogP contribution in [0.2, 0.25) is 0 Å². The van der Waals surface area contributed by atoms with Crippen LogP contribution in [0.25, 0.3) is 0 Å². The molecule has 0 radical (unpaired) electrons. The first-order valence-electron chi connectivity index (χ1n) is 6.42. The Labute approximate surface area is 105 Å². The zero-order chi connectivity index (χ0) is 12.9. The number of aliphatic hydroxyl groups is 1. The molecule has 0 saturated heterocycles. The van der Waals surface area contributed by atoms with Gasteiger partial charge in [0.1, 0.15) is 0 Å². The molecule has 0 bridgehead atoms. The van der Waals surface area contributed by atoms with Crippen LogP contribution in [-0.4, -0.2) is 18.3 Å². The summed E-state index contributed by atoms with van der Waals surface area (Å²) in [6.07, 6.45) is 2.03. The number of nitrogens with two attached hydrogens (primary N) is 1. The minimum atomic E-state index is -0.266. The molecule has 0 heterocycles. The summed E-state index contributed by atoms with van der Waals surface area (Å²) in [4.78, 5) is 0. The van der Waals surface area contributed by atoms with E-state index in [1.165, 1.54) is 5.56 Å². The third-order valence-electron chi connectivity index (χ3n) is 3.56. The molecule has 96 valence electrons. The van der Waals surface area contributed by atoms with Crippen molar-refractivity contribution in [2.45, 2.75) is 39.0 Å². The fourth-order valence-corrected chi connectivity index (χ4v) is 2.07. The van der Waals surface area contributed by atoms with E-state index in [9.17, 15) is 5.11 Å². The van der Waals surface area contributed by atoms with Gasteiger partial charge in [-0.15, -0.1) is 0 Å². The summed E-state index contributed by atoms with van der Waals surface area (Å²) in [5.74, 6) is 0.637. The van der Waals surface area contributed by atoms with Crippen molar-refractivity contribution in [3.8, 4) is 0 Å². The van der Waals surface area contributed by atoms with E-state index in [4.69, 9.17) is 5.73 Å². The first-order chi connectivity index (χ1) is 8.04. The fraction of sp³-hybridized carbons (Fsp3) is 0.600. The Morgan fingerprint density at radius 3 is 2.24 bits per heavy atom. The quantitative estimate of drug-likeness (QED) is 0.796. The summed E-state index contributed by atoms with van der Waals surface area (Å²) in [6.45, 7) is 7.10. The maximum absolute atomic E-state index is 9.73. The van der Waals surface area contributed by atoms with Gasteiger partial charge in [-0.3, -0.25) is 0 Å². The summed E-state index contributed by atoms with van der Waals surface area (Å²) in [6, 6.07) is 8.37. The van der Waals surface area contributed by atoms with Crippen molar-refractivity contribution >= 4 is 0 Å². The summed E-state index contributed by atoms with van der Waals surface area (Å²) >= 11 is 0.